The predicted octanol–water partition coefficient (Wildman–Crippen LogP) is 3.58. The first-order valence-electron chi connectivity index (χ1n) is 6.86. The molecule has 0 spiro atoms. The Hall–Kier alpha value is -1.24. The fourth-order valence-electron chi connectivity index (χ4n) is 3.29. The van der Waals surface area contributed by atoms with Gasteiger partial charge in [0.05, 0.1) is 17.4 Å². The molecule has 3 atom stereocenters. The monoisotopic (exact) mass is 276 g/mol. The molecule has 1 heterocycles. The van der Waals surface area contributed by atoms with Crippen molar-refractivity contribution < 1.29 is 4.74 Å². The van der Waals surface area contributed by atoms with Gasteiger partial charge in [0.15, 0.2) is 0 Å². The number of hydrogen-bond acceptors (Lipinski definition) is 3. The largest absolute Gasteiger partial charge is 0.381 e. The normalized spacial score (nSPS) is 29.6. The van der Waals surface area contributed by atoms with E-state index in [1.165, 1.54) is 12.8 Å². The predicted molar refractivity (Wildman–Crippen MR) is 75.3 cm³/mol. The standard InChI is InChI=1S/C15H17ClN2O/c16-11-5-4-10(9-17)14(8-11)18-13-2-1-3-15-12(13)6-7-19-15/h4-5,8,12-13,15,18H,1-3,6-7H2. The van der Waals surface area contributed by atoms with Crippen molar-refractivity contribution in [2.75, 3.05) is 11.9 Å². The van der Waals surface area contributed by atoms with Crippen molar-refractivity contribution in [3.8, 4) is 6.07 Å². The topological polar surface area (TPSA) is 45.0 Å². The van der Waals surface area contributed by atoms with E-state index < -0.39 is 0 Å². The second-order valence-corrected chi connectivity index (χ2v) is 5.78. The highest BCUT2D eigenvalue weighted by molar-refractivity contribution is 6.30. The molecular weight excluding hydrogens is 260 g/mol. The van der Waals surface area contributed by atoms with Crippen molar-refractivity contribution >= 4 is 17.3 Å². The lowest BCUT2D eigenvalue weighted by molar-refractivity contribution is 0.0620. The average molecular weight is 277 g/mol. The number of ether oxygens (including phenoxy) is 1. The summed E-state index contributed by atoms with van der Waals surface area (Å²) in [7, 11) is 0. The van der Waals surface area contributed by atoms with Crippen molar-refractivity contribution in [1.29, 1.82) is 5.26 Å². The van der Waals surface area contributed by atoms with Crippen LogP contribution in [0, 0.1) is 17.2 Å². The number of anilines is 1. The van der Waals surface area contributed by atoms with Gasteiger partial charge in [0, 0.05) is 23.6 Å². The van der Waals surface area contributed by atoms with Crippen molar-refractivity contribution in [1.82, 2.24) is 0 Å². The molecule has 0 bridgehead atoms. The third-order valence-electron chi connectivity index (χ3n) is 4.22. The number of benzene rings is 1. The Bertz CT molecular complexity index is 511. The number of hydrogen-bond donors (Lipinski definition) is 1. The smallest absolute Gasteiger partial charge is 0.101 e. The molecular formula is C15H17ClN2O. The molecule has 3 rings (SSSR count). The third-order valence-corrected chi connectivity index (χ3v) is 4.46. The van der Waals surface area contributed by atoms with Crippen LogP contribution in [0.5, 0.6) is 0 Å². The van der Waals surface area contributed by atoms with Crippen LogP contribution in [-0.2, 0) is 4.74 Å². The molecule has 1 saturated carbocycles. The molecule has 1 aliphatic heterocycles. The van der Waals surface area contributed by atoms with E-state index >= 15 is 0 Å². The van der Waals surface area contributed by atoms with Crippen LogP contribution >= 0.6 is 11.6 Å². The highest BCUT2D eigenvalue weighted by Crippen LogP contribution is 2.36. The van der Waals surface area contributed by atoms with Gasteiger partial charge < -0.3 is 10.1 Å². The number of nitrogens with one attached hydrogen (secondary N) is 1. The fourth-order valence-corrected chi connectivity index (χ4v) is 3.46. The third kappa shape index (κ3) is 2.56. The Labute approximate surface area is 118 Å². The molecule has 2 aliphatic rings. The molecule has 4 heteroatoms. The number of nitrogens with zero attached hydrogens (tertiary/aromatic N) is 1. The van der Waals surface area contributed by atoms with E-state index in [4.69, 9.17) is 21.6 Å². The van der Waals surface area contributed by atoms with Gasteiger partial charge in [0.25, 0.3) is 0 Å². The minimum atomic E-state index is 0.395. The van der Waals surface area contributed by atoms with Gasteiger partial charge in [-0.05, 0) is 43.9 Å². The summed E-state index contributed by atoms with van der Waals surface area (Å²) in [6.07, 6.45) is 5.01. The van der Waals surface area contributed by atoms with Gasteiger partial charge in [-0.2, -0.15) is 5.26 Å². The van der Waals surface area contributed by atoms with Crippen molar-refractivity contribution in [3.63, 3.8) is 0 Å². The molecule has 1 aromatic carbocycles. The lowest BCUT2D eigenvalue weighted by Gasteiger charge is -2.34. The molecule has 1 saturated heterocycles. The summed E-state index contributed by atoms with van der Waals surface area (Å²) in [5, 5.41) is 13.4. The molecule has 1 aliphatic carbocycles. The Morgan fingerprint density at radius 1 is 1.32 bits per heavy atom. The Balaban J connectivity index is 1.81. The quantitative estimate of drug-likeness (QED) is 0.898. The van der Waals surface area contributed by atoms with Gasteiger partial charge in [-0.1, -0.05) is 11.6 Å². The second-order valence-electron chi connectivity index (χ2n) is 5.35. The summed E-state index contributed by atoms with van der Waals surface area (Å²) in [5.74, 6) is 0.569. The van der Waals surface area contributed by atoms with Crippen LogP contribution in [0.25, 0.3) is 0 Å². The van der Waals surface area contributed by atoms with E-state index in [1.54, 1.807) is 12.1 Å². The summed E-state index contributed by atoms with van der Waals surface area (Å²) in [4.78, 5) is 0. The van der Waals surface area contributed by atoms with Gasteiger partial charge in [0.1, 0.15) is 6.07 Å². The van der Waals surface area contributed by atoms with Crippen LogP contribution in [0.3, 0.4) is 0 Å². The highest BCUT2D eigenvalue weighted by atomic mass is 35.5. The number of fused-ring (bicyclic) bond motifs is 1. The lowest BCUT2D eigenvalue weighted by atomic mass is 9.81. The maximum Gasteiger partial charge on any atom is 0.101 e. The van der Waals surface area contributed by atoms with Crippen LogP contribution in [0.15, 0.2) is 18.2 Å². The first-order valence-corrected chi connectivity index (χ1v) is 7.23. The molecule has 3 nitrogen and oxygen atoms in total. The zero-order valence-electron chi connectivity index (χ0n) is 10.7. The van der Waals surface area contributed by atoms with E-state index in [2.05, 4.69) is 11.4 Å². The molecule has 2 fully saturated rings. The summed E-state index contributed by atoms with van der Waals surface area (Å²) < 4.78 is 5.77. The zero-order valence-corrected chi connectivity index (χ0v) is 11.5. The van der Waals surface area contributed by atoms with Crippen molar-refractivity contribution in [2.45, 2.75) is 37.8 Å². The van der Waals surface area contributed by atoms with Crippen LogP contribution in [0.1, 0.15) is 31.2 Å². The zero-order chi connectivity index (χ0) is 13.2. The molecule has 0 aromatic heterocycles. The number of rotatable bonds is 2. The molecule has 19 heavy (non-hydrogen) atoms. The summed E-state index contributed by atoms with van der Waals surface area (Å²) >= 11 is 6.03. The van der Waals surface area contributed by atoms with E-state index in [9.17, 15) is 0 Å². The molecule has 0 radical (unpaired) electrons. The van der Waals surface area contributed by atoms with Gasteiger partial charge in [0.2, 0.25) is 0 Å². The van der Waals surface area contributed by atoms with E-state index in [-0.39, 0.29) is 0 Å². The van der Waals surface area contributed by atoms with Gasteiger partial charge in [-0.25, -0.2) is 0 Å². The van der Waals surface area contributed by atoms with Crippen LogP contribution in [-0.4, -0.2) is 18.8 Å². The van der Waals surface area contributed by atoms with Gasteiger partial charge in [-0.15, -0.1) is 0 Å². The maximum atomic E-state index is 9.17. The Morgan fingerprint density at radius 2 is 2.21 bits per heavy atom. The second kappa shape index (κ2) is 5.40. The molecule has 100 valence electrons. The van der Waals surface area contributed by atoms with Crippen LogP contribution in [0.2, 0.25) is 5.02 Å². The molecule has 3 unspecified atom stereocenters. The van der Waals surface area contributed by atoms with Crippen LogP contribution in [0.4, 0.5) is 5.69 Å². The molecule has 0 amide bonds. The van der Waals surface area contributed by atoms with Gasteiger partial charge >= 0.3 is 0 Å². The molecule has 1 aromatic rings. The highest BCUT2D eigenvalue weighted by Gasteiger charge is 2.37. The average Bonchev–Trinajstić information content (AvgIpc) is 2.88. The number of halogens is 1. The Kier molecular flexibility index (Phi) is 3.63. The fraction of sp³-hybridized carbons (Fsp3) is 0.533. The minimum absolute atomic E-state index is 0.395. The minimum Gasteiger partial charge on any atom is -0.381 e. The van der Waals surface area contributed by atoms with Gasteiger partial charge in [-0.3, -0.25) is 0 Å². The number of nitriles is 1. The first kappa shape index (κ1) is 12.8. The van der Waals surface area contributed by atoms with Crippen molar-refractivity contribution in [3.05, 3.63) is 28.8 Å². The van der Waals surface area contributed by atoms with Crippen LogP contribution < -0.4 is 5.32 Å². The van der Waals surface area contributed by atoms with E-state index in [0.29, 0.717) is 28.6 Å². The molecule has 1 N–H and O–H groups in total. The van der Waals surface area contributed by atoms with E-state index in [1.807, 2.05) is 6.07 Å². The van der Waals surface area contributed by atoms with E-state index in [0.717, 1.165) is 25.1 Å². The SMILES string of the molecule is N#Cc1ccc(Cl)cc1NC1CCCC2OCCC12. The summed E-state index contributed by atoms with van der Waals surface area (Å²) in [6, 6.07) is 7.99. The summed E-state index contributed by atoms with van der Waals surface area (Å²) in [5.41, 5.74) is 1.51. The first-order chi connectivity index (χ1) is 9.28. The van der Waals surface area contributed by atoms with Crippen molar-refractivity contribution in [2.24, 2.45) is 5.92 Å². The maximum absolute atomic E-state index is 9.17. The Morgan fingerprint density at radius 3 is 3.05 bits per heavy atom. The summed E-state index contributed by atoms with van der Waals surface area (Å²) in [6.45, 7) is 0.869. The lowest BCUT2D eigenvalue weighted by Crippen LogP contribution is -2.38.